The number of piperidine rings is 1. The summed E-state index contributed by atoms with van der Waals surface area (Å²) in [7, 11) is 1.91. The molecule has 1 aromatic carbocycles. The van der Waals surface area contributed by atoms with E-state index in [4.69, 9.17) is 16.0 Å². The minimum atomic E-state index is -2.87. The molecule has 38 heavy (non-hydrogen) atoms. The zero-order valence-electron chi connectivity index (χ0n) is 20.8. The highest BCUT2D eigenvalue weighted by Crippen LogP contribution is 2.35. The zero-order valence-corrected chi connectivity index (χ0v) is 21.6. The van der Waals surface area contributed by atoms with Gasteiger partial charge in [-0.25, -0.2) is 8.78 Å². The molecule has 1 aliphatic heterocycles. The number of anilines is 2. The number of alkyl halides is 4. The van der Waals surface area contributed by atoms with Crippen LogP contribution in [0.1, 0.15) is 37.8 Å². The Kier molecular flexibility index (Phi) is 8.51. The number of amides is 1. The number of carbonyl (C=O) groups excluding carboxylic acids is 1. The second-order valence-electron chi connectivity index (χ2n) is 9.34. The number of hydrogen-bond donors (Lipinski definition) is 0. The molecule has 1 aliphatic rings. The first-order valence-corrected chi connectivity index (χ1v) is 12.3. The lowest BCUT2D eigenvalue weighted by molar-refractivity contribution is -0.107. The lowest BCUT2D eigenvalue weighted by atomic mass is 10.0. The smallest absolute Gasteiger partial charge is 0.314 e. The van der Waals surface area contributed by atoms with E-state index in [-0.39, 0.29) is 25.0 Å². The first-order chi connectivity index (χ1) is 18.0. The Morgan fingerprint density at radius 1 is 1.18 bits per heavy atom. The summed E-state index contributed by atoms with van der Waals surface area (Å²) in [6, 6.07) is 8.56. The van der Waals surface area contributed by atoms with Crippen molar-refractivity contribution in [1.82, 2.24) is 20.1 Å². The maximum atomic E-state index is 13.4. The summed E-state index contributed by atoms with van der Waals surface area (Å²) in [4.78, 5) is 21.8. The van der Waals surface area contributed by atoms with Gasteiger partial charge in [0.2, 0.25) is 12.3 Å². The summed E-state index contributed by atoms with van der Waals surface area (Å²) < 4.78 is 57.2. The molecule has 0 radical (unpaired) electrons. The van der Waals surface area contributed by atoms with Crippen LogP contribution in [0.2, 0.25) is 5.02 Å². The lowest BCUT2D eigenvalue weighted by Gasteiger charge is -2.39. The highest BCUT2D eigenvalue weighted by Gasteiger charge is 2.30. The number of carbonyl (C=O) groups is 1. The first kappa shape index (κ1) is 27.8. The molecule has 204 valence electrons. The fourth-order valence-corrected chi connectivity index (χ4v) is 4.68. The van der Waals surface area contributed by atoms with Gasteiger partial charge >= 0.3 is 6.43 Å². The van der Waals surface area contributed by atoms with E-state index in [9.17, 15) is 22.4 Å². The monoisotopic (exact) mass is 554 g/mol. The van der Waals surface area contributed by atoms with E-state index in [0.29, 0.717) is 54.3 Å². The standard InChI is InChI=1S/C25H27ClF4N6O2/c1-25(29,30)14-35-9-7-19(8-10-35)34(2)20-6-4-17(26)11-21(20)36(15-37)13-18-5-3-16(12-31-18)23-32-33-24(38-23)22(27)28/h3-6,11-12,15,19,22H,7-10,13-14H2,1-2H3. The summed E-state index contributed by atoms with van der Waals surface area (Å²) in [5.41, 5.74) is 2.22. The molecule has 1 amide bonds. The highest BCUT2D eigenvalue weighted by molar-refractivity contribution is 6.31. The van der Waals surface area contributed by atoms with Crippen molar-refractivity contribution in [2.75, 3.05) is 36.5 Å². The third-order valence-corrected chi connectivity index (χ3v) is 6.63. The molecule has 8 nitrogen and oxygen atoms in total. The number of hydrogen-bond acceptors (Lipinski definition) is 7. The summed E-state index contributed by atoms with van der Waals surface area (Å²) in [5, 5.41) is 7.35. The number of benzene rings is 1. The van der Waals surface area contributed by atoms with E-state index < -0.39 is 18.2 Å². The Bertz CT molecular complexity index is 1230. The largest absolute Gasteiger partial charge is 0.415 e. The van der Waals surface area contributed by atoms with Gasteiger partial charge in [0.15, 0.2) is 0 Å². The number of nitrogens with zero attached hydrogens (tertiary/aromatic N) is 6. The Labute approximate surface area is 222 Å². The van der Waals surface area contributed by atoms with Gasteiger partial charge in [0.25, 0.3) is 11.8 Å². The van der Waals surface area contributed by atoms with Gasteiger partial charge in [0, 0.05) is 44.3 Å². The van der Waals surface area contributed by atoms with E-state index in [0.717, 1.165) is 12.6 Å². The van der Waals surface area contributed by atoms with Crippen molar-refractivity contribution in [2.24, 2.45) is 0 Å². The van der Waals surface area contributed by atoms with Crippen molar-refractivity contribution in [3.63, 3.8) is 0 Å². The molecule has 2 aromatic heterocycles. The molecule has 0 saturated carbocycles. The van der Waals surface area contributed by atoms with E-state index in [1.165, 1.54) is 11.1 Å². The average molecular weight is 555 g/mol. The average Bonchev–Trinajstić information content (AvgIpc) is 3.38. The normalized spacial score (nSPS) is 15.2. The van der Waals surface area contributed by atoms with Crippen LogP contribution < -0.4 is 9.80 Å². The predicted octanol–water partition coefficient (Wildman–Crippen LogP) is 5.44. The number of halogens is 5. The van der Waals surface area contributed by atoms with Crippen LogP contribution in [-0.2, 0) is 11.3 Å². The molecule has 13 heteroatoms. The number of likely N-dealkylation sites (tertiary alicyclic amines) is 1. The van der Waals surface area contributed by atoms with Gasteiger partial charge in [-0.3, -0.25) is 14.7 Å². The van der Waals surface area contributed by atoms with Gasteiger partial charge in [0.05, 0.1) is 35.7 Å². The molecule has 0 spiro atoms. The first-order valence-electron chi connectivity index (χ1n) is 12.0. The van der Waals surface area contributed by atoms with Gasteiger partial charge in [-0.15, -0.1) is 10.2 Å². The van der Waals surface area contributed by atoms with Gasteiger partial charge in [0.1, 0.15) is 0 Å². The minimum absolute atomic E-state index is 0.0842. The lowest BCUT2D eigenvalue weighted by Crippen LogP contribution is -2.46. The molecule has 1 saturated heterocycles. The van der Waals surface area contributed by atoms with E-state index in [1.807, 2.05) is 13.1 Å². The molecular weight excluding hydrogens is 528 g/mol. The second-order valence-corrected chi connectivity index (χ2v) is 9.78. The van der Waals surface area contributed by atoms with E-state index in [1.54, 1.807) is 29.2 Å². The van der Waals surface area contributed by atoms with E-state index >= 15 is 0 Å². The van der Waals surface area contributed by atoms with Crippen molar-refractivity contribution in [3.05, 3.63) is 53.1 Å². The van der Waals surface area contributed by atoms with Crippen LogP contribution in [0.25, 0.3) is 11.5 Å². The second kappa shape index (κ2) is 11.6. The zero-order chi connectivity index (χ0) is 27.4. The van der Waals surface area contributed by atoms with Gasteiger partial charge in [-0.1, -0.05) is 11.6 Å². The van der Waals surface area contributed by atoms with Crippen molar-refractivity contribution in [3.8, 4) is 11.5 Å². The molecule has 0 unspecified atom stereocenters. The van der Waals surface area contributed by atoms with Crippen LogP contribution in [0.5, 0.6) is 0 Å². The van der Waals surface area contributed by atoms with Crippen molar-refractivity contribution in [1.29, 1.82) is 0 Å². The predicted molar refractivity (Wildman–Crippen MR) is 135 cm³/mol. The quantitative estimate of drug-likeness (QED) is 0.244. The Balaban J connectivity index is 1.48. The van der Waals surface area contributed by atoms with Crippen LogP contribution in [0.15, 0.2) is 40.9 Å². The van der Waals surface area contributed by atoms with Crippen molar-refractivity contribution >= 4 is 29.4 Å². The highest BCUT2D eigenvalue weighted by atomic mass is 35.5. The molecule has 0 atom stereocenters. The van der Waals surface area contributed by atoms with Crippen molar-refractivity contribution < 1.29 is 26.8 Å². The molecule has 4 rings (SSSR count). The third-order valence-electron chi connectivity index (χ3n) is 6.39. The van der Waals surface area contributed by atoms with Gasteiger partial charge in [-0.2, -0.15) is 8.78 Å². The molecule has 3 heterocycles. The van der Waals surface area contributed by atoms with Crippen LogP contribution in [-0.4, -0.2) is 65.1 Å². The fourth-order valence-electron chi connectivity index (χ4n) is 4.52. The van der Waals surface area contributed by atoms with Gasteiger partial charge < -0.3 is 14.2 Å². The Morgan fingerprint density at radius 3 is 2.50 bits per heavy atom. The summed E-state index contributed by atoms with van der Waals surface area (Å²) in [6.07, 6.45) is 0.601. The number of aromatic nitrogens is 3. The molecule has 3 aromatic rings. The van der Waals surface area contributed by atoms with Crippen LogP contribution in [0, 0.1) is 0 Å². The minimum Gasteiger partial charge on any atom is -0.415 e. The SMILES string of the molecule is CN(c1ccc(Cl)cc1N(C=O)Cc1ccc(-c2nnc(C(F)F)o2)cn1)C1CCN(CC(C)(F)F)CC1. The fraction of sp³-hybridized carbons (Fsp3) is 0.440. The molecule has 0 N–H and O–H groups in total. The maximum Gasteiger partial charge on any atom is 0.314 e. The molecular formula is C25H27ClF4N6O2. The van der Waals surface area contributed by atoms with Crippen molar-refractivity contribution in [2.45, 2.75) is 44.7 Å². The summed E-state index contributed by atoms with van der Waals surface area (Å²) >= 11 is 6.27. The van der Waals surface area contributed by atoms with E-state index in [2.05, 4.69) is 20.1 Å². The number of pyridine rings is 1. The maximum absolute atomic E-state index is 13.4. The Hall–Kier alpha value is -3.25. The van der Waals surface area contributed by atoms with Crippen LogP contribution in [0.4, 0.5) is 28.9 Å². The van der Waals surface area contributed by atoms with Crippen LogP contribution in [0.3, 0.4) is 0 Å². The Morgan fingerprint density at radius 2 is 1.92 bits per heavy atom. The molecule has 0 bridgehead atoms. The van der Waals surface area contributed by atoms with Crippen LogP contribution >= 0.6 is 11.6 Å². The molecule has 1 fully saturated rings. The number of rotatable bonds is 10. The summed E-state index contributed by atoms with van der Waals surface area (Å²) in [6.45, 7) is 1.87. The summed E-state index contributed by atoms with van der Waals surface area (Å²) in [5.74, 6) is -3.60. The third kappa shape index (κ3) is 6.79. The topological polar surface area (TPSA) is 78.6 Å². The van der Waals surface area contributed by atoms with Gasteiger partial charge in [-0.05, 0) is 43.2 Å². The molecule has 0 aliphatic carbocycles.